The molecule has 2 aromatic rings. The molecule has 8 heteroatoms. The van der Waals surface area contributed by atoms with Crippen molar-refractivity contribution in [2.45, 2.75) is 39.5 Å². The number of rotatable bonds is 8. The largest absolute Gasteiger partial charge is 0.474 e. The molecule has 138 valence electrons. The van der Waals surface area contributed by atoms with Gasteiger partial charge in [0.2, 0.25) is 5.88 Å². The first-order valence-electron chi connectivity index (χ1n) is 8.09. The van der Waals surface area contributed by atoms with Gasteiger partial charge < -0.3 is 10.5 Å². The Morgan fingerprint density at radius 1 is 1.35 bits per heavy atom. The molecule has 0 fully saturated rings. The van der Waals surface area contributed by atoms with Crippen molar-refractivity contribution in [2.75, 3.05) is 12.3 Å². The zero-order valence-corrected chi connectivity index (χ0v) is 15.1. The maximum atomic E-state index is 13.5. The molecule has 2 aromatic heterocycles. The molecule has 0 unspecified atom stereocenters. The average molecular weight is 359 g/mol. The van der Waals surface area contributed by atoms with Crippen LogP contribution in [0.3, 0.4) is 0 Å². The first-order valence-corrected chi connectivity index (χ1v) is 8.09. The van der Waals surface area contributed by atoms with Gasteiger partial charge in [0.1, 0.15) is 18.8 Å². The molecule has 0 atom stereocenters. The number of nitrogens with zero attached hydrogens (tertiary/aromatic N) is 4. The van der Waals surface area contributed by atoms with Crippen molar-refractivity contribution in [2.24, 2.45) is 10.2 Å². The highest BCUT2D eigenvalue weighted by atomic mass is 19.1. The zero-order valence-electron chi connectivity index (χ0n) is 15.1. The summed E-state index contributed by atoms with van der Waals surface area (Å²) < 4.78 is 18.9. The molecule has 2 N–H and O–H groups in total. The first kappa shape index (κ1) is 19.4. The number of nitrogen functional groups attached to an aromatic ring is 1. The van der Waals surface area contributed by atoms with Gasteiger partial charge in [0, 0.05) is 35.4 Å². The predicted molar refractivity (Wildman–Crippen MR) is 99.1 cm³/mol. The molecule has 0 radical (unpaired) electrons. The van der Waals surface area contributed by atoms with Crippen LogP contribution in [0.5, 0.6) is 5.88 Å². The number of anilines is 1. The topological polar surface area (TPSA) is 103 Å². The number of aromatic nitrogens is 2. The monoisotopic (exact) mass is 359 g/mol. The van der Waals surface area contributed by atoms with Gasteiger partial charge in [0.25, 0.3) is 0 Å². The fraction of sp³-hybridized carbons (Fsp3) is 0.389. The molecule has 0 bridgehead atoms. The molecule has 0 aliphatic carbocycles. The van der Waals surface area contributed by atoms with Gasteiger partial charge in [0.15, 0.2) is 0 Å². The SMILES string of the molecule is Cc1cc(CN=Cc2c(N)ccnc2CN=O)cnc1OCC(C)(C)F. The van der Waals surface area contributed by atoms with Crippen molar-refractivity contribution >= 4 is 11.9 Å². The summed E-state index contributed by atoms with van der Waals surface area (Å²) in [7, 11) is 0. The highest BCUT2D eigenvalue weighted by Crippen LogP contribution is 2.19. The van der Waals surface area contributed by atoms with Gasteiger partial charge in [-0.3, -0.25) is 9.98 Å². The second-order valence-corrected chi connectivity index (χ2v) is 6.49. The Labute approximate surface area is 151 Å². The van der Waals surface area contributed by atoms with E-state index >= 15 is 0 Å². The first-order chi connectivity index (χ1) is 12.3. The van der Waals surface area contributed by atoms with Crippen molar-refractivity contribution in [1.29, 1.82) is 0 Å². The Morgan fingerprint density at radius 3 is 2.77 bits per heavy atom. The van der Waals surface area contributed by atoms with Gasteiger partial charge in [0.05, 0.1) is 12.2 Å². The lowest BCUT2D eigenvalue weighted by Gasteiger charge is -2.15. The fourth-order valence-corrected chi connectivity index (χ4v) is 2.21. The Bertz CT molecular complexity index is 803. The number of ether oxygens (including phenoxy) is 1. The zero-order chi connectivity index (χ0) is 19.2. The van der Waals surface area contributed by atoms with Crippen LogP contribution in [-0.2, 0) is 13.1 Å². The molecule has 26 heavy (non-hydrogen) atoms. The van der Waals surface area contributed by atoms with Crippen LogP contribution in [0, 0.1) is 11.8 Å². The summed E-state index contributed by atoms with van der Waals surface area (Å²) in [5.41, 5.74) is 7.70. The normalized spacial score (nSPS) is 11.7. The van der Waals surface area contributed by atoms with E-state index < -0.39 is 5.67 Å². The van der Waals surface area contributed by atoms with Gasteiger partial charge in [-0.25, -0.2) is 9.37 Å². The number of nitroso groups, excluding NO2 is 1. The average Bonchev–Trinajstić information content (AvgIpc) is 2.56. The molecular weight excluding hydrogens is 337 g/mol. The summed E-state index contributed by atoms with van der Waals surface area (Å²) in [6.45, 7) is 4.98. The van der Waals surface area contributed by atoms with E-state index in [0.29, 0.717) is 29.4 Å². The Kier molecular flexibility index (Phi) is 6.32. The van der Waals surface area contributed by atoms with Crippen molar-refractivity contribution in [1.82, 2.24) is 9.97 Å². The lowest BCUT2D eigenvalue weighted by molar-refractivity contribution is 0.117. The van der Waals surface area contributed by atoms with Crippen LogP contribution >= 0.6 is 0 Å². The third-order valence-electron chi connectivity index (χ3n) is 3.45. The highest BCUT2D eigenvalue weighted by Gasteiger charge is 2.17. The number of pyridine rings is 2. The molecule has 7 nitrogen and oxygen atoms in total. The Morgan fingerprint density at radius 2 is 2.12 bits per heavy atom. The third-order valence-corrected chi connectivity index (χ3v) is 3.45. The van der Waals surface area contributed by atoms with E-state index in [1.807, 2.05) is 13.0 Å². The summed E-state index contributed by atoms with van der Waals surface area (Å²) in [4.78, 5) is 23.2. The van der Waals surface area contributed by atoms with Crippen LogP contribution in [0.1, 0.15) is 36.2 Å². The number of aliphatic imine (C=N–C) groups is 1. The standard InChI is InChI=1S/C18H22FN5O2/c1-12-6-13(8-23-17(12)26-11-18(2,3)19)7-21-9-14-15(20)4-5-22-16(14)10-24-25/h4-6,8-9H,7,10-11H2,1-3H3,(H2,20,22). The van der Waals surface area contributed by atoms with E-state index in [9.17, 15) is 9.30 Å². The molecule has 0 aliphatic rings. The van der Waals surface area contributed by atoms with E-state index in [2.05, 4.69) is 20.1 Å². The number of aryl methyl sites for hydroxylation is 1. The summed E-state index contributed by atoms with van der Waals surface area (Å²) in [6.07, 6.45) is 4.73. The van der Waals surface area contributed by atoms with Crippen LogP contribution in [0.4, 0.5) is 10.1 Å². The summed E-state index contributed by atoms with van der Waals surface area (Å²) in [5.74, 6) is 0.402. The number of halogens is 1. The molecule has 0 saturated carbocycles. The van der Waals surface area contributed by atoms with Gasteiger partial charge in [-0.15, -0.1) is 0 Å². The third kappa shape index (κ3) is 5.58. The molecule has 0 spiro atoms. The minimum absolute atomic E-state index is 0.0633. The van der Waals surface area contributed by atoms with Gasteiger partial charge in [-0.05, 0) is 38.5 Å². The number of alkyl halides is 1. The molecule has 0 amide bonds. The smallest absolute Gasteiger partial charge is 0.216 e. The molecule has 0 aliphatic heterocycles. The van der Waals surface area contributed by atoms with Crippen LogP contribution in [0.15, 0.2) is 34.7 Å². The van der Waals surface area contributed by atoms with Gasteiger partial charge >= 0.3 is 0 Å². The number of hydrogen-bond donors (Lipinski definition) is 1. The van der Waals surface area contributed by atoms with E-state index in [1.54, 1.807) is 18.5 Å². The van der Waals surface area contributed by atoms with Crippen LogP contribution in [0.2, 0.25) is 0 Å². The van der Waals surface area contributed by atoms with E-state index in [0.717, 1.165) is 11.1 Å². The quantitative estimate of drug-likeness (QED) is 0.575. The van der Waals surface area contributed by atoms with Crippen LogP contribution < -0.4 is 10.5 Å². The Hall–Kier alpha value is -2.90. The van der Waals surface area contributed by atoms with Gasteiger partial charge in [-0.1, -0.05) is 5.18 Å². The molecular formula is C18H22FN5O2. The molecule has 0 aromatic carbocycles. The second kappa shape index (κ2) is 8.46. The number of nitrogens with two attached hydrogens (primary N) is 1. The van der Waals surface area contributed by atoms with E-state index in [4.69, 9.17) is 10.5 Å². The van der Waals surface area contributed by atoms with E-state index in [-0.39, 0.29) is 13.2 Å². The fourth-order valence-electron chi connectivity index (χ4n) is 2.21. The maximum absolute atomic E-state index is 13.5. The lowest BCUT2D eigenvalue weighted by atomic mass is 10.1. The summed E-state index contributed by atoms with van der Waals surface area (Å²) in [5, 5.41) is 2.85. The minimum atomic E-state index is -1.42. The Balaban J connectivity index is 2.07. The lowest BCUT2D eigenvalue weighted by Crippen LogP contribution is -2.23. The maximum Gasteiger partial charge on any atom is 0.216 e. The van der Waals surface area contributed by atoms with Crippen molar-refractivity contribution in [3.63, 3.8) is 0 Å². The summed E-state index contributed by atoms with van der Waals surface area (Å²) >= 11 is 0. The van der Waals surface area contributed by atoms with Crippen LogP contribution in [0.25, 0.3) is 0 Å². The van der Waals surface area contributed by atoms with Crippen molar-refractivity contribution < 1.29 is 9.13 Å². The van der Waals surface area contributed by atoms with Crippen molar-refractivity contribution in [3.05, 3.63) is 51.8 Å². The van der Waals surface area contributed by atoms with E-state index in [1.165, 1.54) is 20.0 Å². The van der Waals surface area contributed by atoms with Crippen molar-refractivity contribution in [3.8, 4) is 5.88 Å². The number of hydrogen-bond acceptors (Lipinski definition) is 7. The second-order valence-electron chi connectivity index (χ2n) is 6.49. The molecule has 2 heterocycles. The molecule has 2 rings (SSSR count). The summed E-state index contributed by atoms with van der Waals surface area (Å²) in [6, 6.07) is 3.52. The van der Waals surface area contributed by atoms with Crippen LogP contribution in [-0.4, -0.2) is 28.5 Å². The van der Waals surface area contributed by atoms with Gasteiger partial charge in [-0.2, -0.15) is 4.91 Å². The predicted octanol–water partition coefficient (Wildman–Crippen LogP) is 3.38. The molecule has 0 saturated heterocycles. The minimum Gasteiger partial charge on any atom is -0.474 e. The highest BCUT2D eigenvalue weighted by molar-refractivity contribution is 5.88.